The van der Waals surface area contributed by atoms with E-state index in [9.17, 15) is 18.0 Å². The fraction of sp³-hybridized carbons (Fsp3) is 0.167. The van der Waals surface area contributed by atoms with Crippen LogP contribution >= 0.6 is 23.3 Å². The molecule has 1 heterocycles. The second-order valence-corrected chi connectivity index (χ2v) is 10.4. The summed E-state index contributed by atoms with van der Waals surface area (Å²) < 4.78 is 47.2. The molecule has 0 radical (unpaired) electrons. The molecule has 13 heteroatoms. The van der Waals surface area contributed by atoms with Crippen molar-refractivity contribution in [3.8, 4) is 5.75 Å². The monoisotopic (exact) mass is 560 g/mol. The van der Waals surface area contributed by atoms with Gasteiger partial charge in [-0.25, -0.2) is 8.42 Å². The van der Waals surface area contributed by atoms with E-state index in [1.54, 1.807) is 54.6 Å². The van der Waals surface area contributed by atoms with Crippen molar-refractivity contribution in [3.63, 3.8) is 0 Å². The molecular formula is C24H21ClN4O6S2. The molecule has 0 spiro atoms. The van der Waals surface area contributed by atoms with E-state index in [1.807, 2.05) is 0 Å². The lowest BCUT2D eigenvalue weighted by atomic mass is 10.1. The number of carbonyl (C=O) groups excluding carboxylic acids is 2. The van der Waals surface area contributed by atoms with E-state index >= 15 is 0 Å². The van der Waals surface area contributed by atoms with E-state index in [2.05, 4.69) is 18.8 Å². The van der Waals surface area contributed by atoms with Gasteiger partial charge in [0.2, 0.25) is 10.0 Å². The van der Waals surface area contributed by atoms with Crippen LogP contribution in [0.3, 0.4) is 0 Å². The van der Waals surface area contributed by atoms with Gasteiger partial charge in [-0.05, 0) is 42.3 Å². The summed E-state index contributed by atoms with van der Waals surface area (Å²) in [5.74, 6) is -1.11. The van der Waals surface area contributed by atoms with E-state index in [4.69, 9.17) is 21.1 Å². The van der Waals surface area contributed by atoms with Gasteiger partial charge in [0, 0.05) is 5.69 Å². The SMILES string of the molecule is COc1ccc(NC(=O)COC(=O)C(Cc2ccccc2)NS(=O)(=O)c2cccc3nsnc23)cc1Cl. The molecule has 37 heavy (non-hydrogen) atoms. The van der Waals surface area contributed by atoms with Gasteiger partial charge in [0.15, 0.2) is 6.61 Å². The first-order chi connectivity index (χ1) is 17.8. The minimum absolute atomic E-state index is 0.0000971. The fourth-order valence-corrected chi connectivity index (χ4v) is 5.66. The Labute approximate surface area is 221 Å². The van der Waals surface area contributed by atoms with E-state index in [-0.39, 0.29) is 16.8 Å². The van der Waals surface area contributed by atoms with Gasteiger partial charge >= 0.3 is 5.97 Å². The summed E-state index contributed by atoms with van der Waals surface area (Å²) in [6.45, 7) is -0.638. The Balaban J connectivity index is 1.48. The van der Waals surface area contributed by atoms with Crippen molar-refractivity contribution in [2.24, 2.45) is 0 Å². The van der Waals surface area contributed by atoms with E-state index < -0.39 is 34.5 Å². The molecule has 3 aromatic carbocycles. The maximum absolute atomic E-state index is 13.2. The van der Waals surface area contributed by atoms with Gasteiger partial charge in [0.05, 0.1) is 23.9 Å². The van der Waals surface area contributed by atoms with E-state index in [0.717, 1.165) is 11.7 Å². The number of carbonyl (C=O) groups is 2. The first-order valence-corrected chi connectivity index (χ1v) is 13.4. The van der Waals surface area contributed by atoms with Crippen molar-refractivity contribution in [3.05, 3.63) is 77.3 Å². The van der Waals surface area contributed by atoms with Crippen LogP contribution in [-0.4, -0.2) is 48.8 Å². The molecule has 4 aromatic rings. The van der Waals surface area contributed by atoms with Gasteiger partial charge in [-0.1, -0.05) is 48.0 Å². The maximum atomic E-state index is 13.2. The fourth-order valence-electron chi connectivity index (χ4n) is 3.45. The third kappa shape index (κ3) is 6.60. The third-order valence-electron chi connectivity index (χ3n) is 5.18. The lowest BCUT2D eigenvalue weighted by Crippen LogP contribution is -2.44. The van der Waals surface area contributed by atoms with Gasteiger partial charge in [0.25, 0.3) is 5.91 Å². The minimum Gasteiger partial charge on any atom is -0.495 e. The molecule has 4 rings (SSSR count). The predicted molar refractivity (Wildman–Crippen MR) is 139 cm³/mol. The molecule has 0 fully saturated rings. The van der Waals surface area contributed by atoms with Crippen LogP contribution in [0.4, 0.5) is 5.69 Å². The zero-order valence-electron chi connectivity index (χ0n) is 19.4. The average Bonchev–Trinajstić information content (AvgIpc) is 3.36. The molecule has 1 atom stereocenters. The van der Waals surface area contributed by atoms with Crippen LogP contribution in [0.25, 0.3) is 11.0 Å². The molecule has 0 bridgehead atoms. The molecule has 1 amide bonds. The summed E-state index contributed by atoms with van der Waals surface area (Å²) in [6.07, 6.45) is -0.0000971. The number of halogens is 1. The number of esters is 1. The van der Waals surface area contributed by atoms with Gasteiger partial charge in [-0.3, -0.25) is 9.59 Å². The zero-order valence-corrected chi connectivity index (χ0v) is 21.8. The highest BCUT2D eigenvalue weighted by Gasteiger charge is 2.29. The standard InChI is InChI=1S/C24H21ClN4O6S2/c1-34-20-11-10-16(13-17(20)25)26-22(30)14-35-24(31)19(12-15-6-3-2-4-7-15)29-37(32,33)21-9-5-8-18-23(21)28-36-27-18/h2-11,13,19,29H,12,14H2,1H3,(H,26,30). The Morgan fingerprint density at radius 1 is 1.05 bits per heavy atom. The third-order valence-corrected chi connectivity index (χ3v) is 7.53. The normalized spacial score (nSPS) is 12.2. The van der Waals surface area contributed by atoms with Crippen molar-refractivity contribution < 1.29 is 27.5 Å². The first-order valence-electron chi connectivity index (χ1n) is 10.8. The van der Waals surface area contributed by atoms with Crippen LogP contribution in [0.15, 0.2) is 71.6 Å². The van der Waals surface area contributed by atoms with Crippen LogP contribution in [0.1, 0.15) is 5.56 Å². The Hall–Kier alpha value is -3.58. The molecule has 0 aliphatic rings. The molecular weight excluding hydrogens is 540 g/mol. The van der Waals surface area contributed by atoms with Crippen LogP contribution < -0.4 is 14.8 Å². The van der Waals surface area contributed by atoms with Crippen LogP contribution in [0.5, 0.6) is 5.75 Å². The Morgan fingerprint density at radius 2 is 1.84 bits per heavy atom. The lowest BCUT2D eigenvalue weighted by Gasteiger charge is -2.18. The van der Waals surface area contributed by atoms with Gasteiger partial charge in [0.1, 0.15) is 27.7 Å². The largest absolute Gasteiger partial charge is 0.495 e. The predicted octanol–water partition coefficient (Wildman–Crippen LogP) is 3.42. The Kier molecular flexibility index (Phi) is 8.34. The van der Waals surface area contributed by atoms with Gasteiger partial charge in [-0.2, -0.15) is 13.5 Å². The van der Waals surface area contributed by atoms with Crippen molar-refractivity contribution >= 4 is 61.9 Å². The number of aromatic nitrogens is 2. The Morgan fingerprint density at radius 3 is 2.57 bits per heavy atom. The maximum Gasteiger partial charge on any atom is 0.325 e. The molecule has 10 nitrogen and oxygen atoms in total. The molecule has 0 saturated heterocycles. The number of nitrogens with one attached hydrogen (secondary N) is 2. The molecule has 0 aliphatic carbocycles. The number of rotatable bonds is 10. The second kappa shape index (κ2) is 11.6. The van der Waals surface area contributed by atoms with Crippen LogP contribution in [0, 0.1) is 0 Å². The highest BCUT2D eigenvalue weighted by Crippen LogP contribution is 2.27. The summed E-state index contributed by atoms with van der Waals surface area (Å²) in [4.78, 5) is 25.2. The van der Waals surface area contributed by atoms with E-state index in [1.165, 1.54) is 19.2 Å². The molecule has 1 unspecified atom stereocenters. The van der Waals surface area contributed by atoms with Gasteiger partial charge < -0.3 is 14.8 Å². The smallest absolute Gasteiger partial charge is 0.325 e. The Bertz CT molecular complexity index is 1530. The number of hydrogen-bond donors (Lipinski definition) is 2. The van der Waals surface area contributed by atoms with Gasteiger partial charge in [-0.15, -0.1) is 0 Å². The minimum atomic E-state index is -4.19. The number of anilines is 1. The molecule has 192 valence electrons. The highest BCUT2D eigenvalue weighted by atomic mass is 35.5. The lowest BCUT2D eigenvalue weighted by molar-refractivity contribution is -0.149. The number of methoxy groups -OCH3 is 1. The zero-order chi connectivity index (χ0) is 26.4. The summed E-state index contributed by atoms with van der Waals surface area (Å²) in [7, 11) is -2.73. The summed E-state index contributed by atoms with van der Waals surface area (Å²) in [5, 5.41) is 2.85. The number of amides is 1. The van der Waals surface area contributed by atoms with Crippen molar-refractivity contribution in [1.82, 2.24) is 13.5 Å². The average molecular weight is 561 g/mol. The molecule has 0 aliphatic heterocycles. The van der Waals surface area contributed by atoms with Crippen LogP contribution in [-0.2, 0) is 30.8 Å². The number of benzene rings is 3. The summed E-state index contributed by atoms with van der Waals surface area (Å²) in [6, 6.07) is 16.7. The number of fused-ring (bicyclic) bond motifs is 1. The summed E-state index contributed by atoms with van der Waals surface area (Å²) >= 11 is 6.95. The second-order valence-electron chi connectivity index (χ2n) is 7.76. The van der Waals surface area contributed by atoms with Crippen molar-refractivity contribution in [2.45, 2.75) is 17.4 Å². The highest BCUT2D eigenvalue weighted by molar-refractivity contribution is 7.89. The number of ether oxygens (including phenoxy) is 2. The van der Waals surface area contributed by atoms with E-state index in [0.29, 0.717) is 27.5 Å². The number of sulfonamides is 1. The quantitative estimate of drug-likeness (QED) is 0.281. The number of nitrogens with zero attached hydrogens (tertiary/aromatic N) is 2. The topological polar surface area (TPSA) is 137 Å². The molecule has 2 N–H and O–H groups in total. The summed E-state index contributed by atoms with van der Waals surface area (Å²) in [5.41, 5.74) is 1.69. The first kappa shape index (κ1) is 26.5. The van der Waals surface area contributed by atoms with Crippen molar-refractivity contribution in [2.75, 3.05) is 19.0 Å². The number of hydrogen-bond acceptors (Lipinski definition) is 9. The molecule has 0 saturated carbocycles. The van der Waals surface area contributed by atoms with Crippen LogP contribution in [0.2, 0.25) is 5.02 Å². The molecule has 1 aromatic heterocycles. The van der Waals surface area contributed by atoms with Crippen molar-refractivity contribution in [1.29, 1.82) is 0 Å².